The fourth-order valence-corrected chi connectivity index (χ4v) is 11.3. The minimum atomic E-state index is -1.54. The zero-order valence-corrected chi connectivity index (χ0v) is 56.7. The molecule has 534 valence electrons. The number of H-pyrrole nitrogens is 1. The van der Waals surface area contributed by atoms with Crippen molar-refractivity contribution in [3.05, 3.63) is 95.2 Å². The highest BCUT2D eigenvalue weighted by molar-refractivity contribution is 7.80. The fourth-order valence-electron chi connectivity index (χ4n) is 10.8. The standard InChI is InChI=1S/C65H89N13O18S2/c1-6-33(4)55(63(93)72-44(65(95)96)16-19-52(67)82)77-60(90)47(25-37-27-68-42-10-8-7-9-40(37)42)73-61(91)48(30-97)75-59(89)45(21-32(2)3)70-53(83)28-69-57(87)46(24-36-13-18-51(81)34(5)22-36)74-62(92)50-26-39(80)29-78(50)64(94)49(31-98)76-58(88)43(17-20-54(84)85)71-56(86)41(66)23-35-11-14-38(79)15-12-35/h7-15,18,22,27,32-33,39,41,43-50,55,68,79-81,97-98H,6,16-17,19-21,23-26,28-31,66H2,1-5H3,(H2,67,82)(H,69,87)(H,70,83)(H,71,86)(H,72,93)(H,73,91)(H,74,92)(H,75,89)(H,76,88)(H,77,90)(H,84,85)(H,95,96)/t33-,39+,41-,43+,44-,45-,46-,47-,48-,49-,50-,55-/m0/s1. The van der Waals surface area contributed by atoms with Crippen molar-refractivity contribution in [1.82, 2.24) is 57.7 Å². The molecule has 3 aromatic carbocycles. The van der Waals surface area contributed by atoms with E-state index in [-0.39, 0.29) is 68.1 Å². The average molecular weight is 1400 g/mol. The van der Waals surface area contributed by atoms with Gasteiger partial charge in [-0.3, -0.25) is 57.5 Å². The number of nitrogens with one attached hydrogen (secondary N) is 10. The first-order valence-corrected chi connectivity index (χ1v) is 33.1. The van der Waals surface area contributed by atoms with E-state index in [0.29, 0.717) is 39.6 Å². The molecule has 1 saturated heterocycles. The number of carbonyl (C=O) groups is 13. The Kier molecular flexibility index (Phi) is 30.6. The van der Waals surface area contributed by atoms with Crippen molar-refractivity contribution < 1.29 is 87.9 Å². The maximum atomic E-state index is 14.4. The molecule has 12 atom stereocenters. The van der Waals surface area contributed by atoms with Crippen LogP contribution in [0.25, 0.3) is 10.9 Å². The largest absolute Gasteiger partial charge is 0.508 e. The third kappa shape index (κ3) is 24.0. The van der Waals surface area contributed by atoms with Crippen LogP contribution in [0.1, 0.15) is 94.9 Å². The van der Waals surface area contributed by atoms with Crippen molar-refractivity contribution in [1.29, 1.82) is 0 Å². The molecule has 4 aromatic rings. The fraction of sp³-hybridized carbons (Fsp3) is 0.492. The van der Waals surface area contributed by atoms with Crippen molar-refractivity contribution in [2.45, 2.75) is 165 Å². The number of carboxylic acids is 2. The summed E-state index contributed by atoms with van der Waals surface area (Å²) in [4.78, 5) is 180. The number of aryl methyl sites for hydroxylation is 1. The van der Waals surface area contributed by atoms with Crippen LogP contribution in [0, 0.1) is 18.8 Å². The summed E-state index contributed by atoms with van der Waals surface area (Å²) < 4.78 is 0. The number of nitrogens with zero attached hydrogens (tertiary/aromatic N) is 1. The number of aromatic nitrogens is 1. The summed E-state index contributed by atoms with van der Waals surface area (Å²) in [6.07, 6.45) is -1.89. The topological polar surface area (TPSA) is 502 Å². The first kappa shape index (κ1) is 79.2. The summed E-state index contributed by atoms with van der Waals surface area (Å²) in [5.41, 5.74) is 14.0. The Morgan fingerprint density at radius 2 is 1.22 bits per heavy atom. The van der Waals surface area contributed by atoms with Crippen LogP contribution in [0.5, 0.6) is 11.5 Å². The van der Waals surface area contributed by atoms with E-state index in [1.807, 2.05) is 0 Å². The number of β-amino-alcohol motifs (C(OH)–C–C–N with tert-alkyl or cyclic N) is 1. The second-order valence-corrected chi connectivity index (χ2v) is 25.3. The van der Waals surface area contributed by atoms with Crippen molar-refractivity contribution in [3.8, 4) is 11.5 Å². The Morgan fingerprint density at radius 3 is 1.85 bits per heavy atom. The maximum absolute atomic E-state index is 14.4. The number of carbonyl (C=O) groups excluding carboxylic acids is 11. The lowest BCUT2D eigenvalue weighted by Crippen LogP contribution is -2.61. The first-order chi connectivity index (χ1) is 46.3. The summed E-state index contributed by atoms with van der Waals surface area (Å²) in [6, 6.07) is 2.84. The molecular formula is C65H89N13O18S2. The van der Waals surface area contributed by atoms with E-state index in [1.165, 1.54) is 42.5 Å². The maximum Gasteiger partial charge on any atom is 0.326 e. The van der Waals surface area contributed by atoms with Crippen LogP contribution >= 0.6 is 25.3 Å². The predicted molar refractivity (Wildman–Crippen MR) is 362 cm³/mol. The number of likely N-dealkylation sites (tertiary alicyclic amines) is 1. The van der Waals surface area contributed by atoms with Crippen LogP contribution in [0.2, 0.25) is 0 Å². The quantitative estimate of drug-likeness (QED) is 0.0224. The molecule has 19 N–H and O–H groups in total. The number of aliphatic hydroxyl groups excluding tert-OH is 1. The number of phenols is 2. The number of phenolic OH excluding ortho intramolecular Hbond substituents is 2. The number of nitrogens with two attached hydrogens (primary N) is 2. The summed E-state index contributed by atoms with van der Waals surface area (Å²) in [7, 11) is 0. The molecule has 1 aliphatic rings. The van der Waals surface area contributed by atoms with E-state index >= 15 is 0 Å². The smallest absolute Gasteiger partial charge is 0.326 e. The monoisotopic (exact) mass is 1400 g/mol. The van der Waals surface area contributed by atoms with E-state index in [2.05, 4.69) is 78.1 Å². The predicted octanol–water partition coefficient (Wildman–Crippen LogP) is -1.63. The van der Waals surface area contributed by atoms with Gasteiger partial charge in [0, 0.05) is 67.3 Å². The average Bonchev–Trinajstić information content (AvgIpc) is 1.65. The number of rotatable bonds is 38. The van der Waals surface area contributed by atoms with Crippen LogP contribution in [-0.4, -0.2) is 203 Å². The molecule has 0 radical (unpaired) electrons. The Morgan fingerprint density at radius 1 is 0.643 bits per heavy atom. The SMILES string of the molecule is CC[C@H](C)[C@H](NC(=O)[C@H](Cc1c[nH]c2ccccc12)NC(=O)[C@H](CS)NC(=O)[C@H](CC(C)C)NC(=O)CNC(=O)[C@H](Cc1ccc(O)c(C)c1)NC(=O)[C@@H]1C[C@@H](O)CN1C(=O)[C@H](CS)NC(=O)[C@@H](CCC(=O)O)NC(=O)[C@@H](N)Cc1ccc(O)cc1)C(=O)N[C@@H](CCC(N)=O)C(=O)O. The van der Waals surface area contributed by atoms with E-state index in [0.717, 1.165) is 4.90 Å². The normalized spacial score (nSPS) is 16.6. The van der Waals surface area contributed by atoms with Gasteiger partial charge in [-0.25, -0.2) is 4.79 Å². The highest BCUT2D eigenvalue weighted by atomic mass is 32.1. The van der Waals surface area contributed by atoms with E-state index < -0.39 is 181 Å². The van der Waals surface area contributed by atoms with Gasteiger partial charge in [0.15, 0.2) is 0 Å². The lowest BCUT2D eigenvalue weighted by molar-refractivity contribution is -0.143. The molecule has 0 bridgehead atoms. The summed E-state index contributed by atoms with van der Waals surface area (Å²) in [5, 5.41) is 73.6. The lowest BCUT2D eigenvalue weighted by Gasteiger charge is -2.30. The van der Waals surface area contributed by atoms with Crippen LogP contribution in [-0.2, 0) is 81.6 Å². The molecule has 11 amide bonds. The van der Waals surface area contributed by atoms with Crippen LogP contribution < -0.4 is 59.3 Å². The molecule has 0 unspecified atom stereocenters. The zero-order valence-electron chi connectivity index (χ0n) is 54.9. The lowest BCUT2D eigenvalue weighted by atomic mass is 9.96. The third-order valence-electron chi connectivity index (χ3n) is 16.4. The second kappa shape index (κ2) is 37.9. The van der Waals surface area contributed by atoms with Gasteiger partial charge in [0.1, 0.15) is 65.9 Å². The Hall–Kier alpha value is -9.47. The molecule has 1 aromatic heterocycles. The second-order valence-electron chi connectivity index (χ2n) is 24.6. The van der Waals surface area contributed by atoms with E-state index in [9.17, 15) is 87.9 Å². The number of aromatic amines is 1. The number of amides is 11. The van der Waals surface area contributed by atoms with Crippen LogP contribution in [0.4, 0.5) is 0 Å². The highest BCUT2D eigenvalue weighted by Crippen LogP contribution is 2.24. The van der Waals surface area contributed by atoms with Gasteiger partial charge >= 0.3 is 11.9 Å². The molecule has 5 rings (SSSR count). The Balaban J connectivity index is 1.30. The van der Waals surface area contributed by atoms with E-state index in [4.69, 9.17) is 11.5 Å². The highest BCUT2D eigenvalue weighted by Gasteiger charge is 2.43. The number of aliphatic hydroxyl groups is 1. The number of aromatic hydroxyl groups is 2. The van der Waals surface area contributed by atoms with Gasteiger partial charge in [-0.1, -0.05) is 76.6 Å². The number of hydrogen-bond acceptors (Lipinski definition) is 19. The molecule has 0 saturated carbocycles. The van der Waals surface area contributed by atoms with Gasteiger partial charge < -0.3 is 94.7 Å². The molecule has 33 heteroatoms. The molecule has 2 heterocycles. The summed E-state index contributed by atoms with van der Waals surface area (Å²) in [6.45, 7) is 7.21. The van der Waals surface area contributed by atoms with Gasteiger partial charge in [-0.2, -0.15) is 25.3 Å². The minimum absolute atomic E-state index is 0.0128. The van der Waals surface area contributed by atoms with Crippen molar-refractivity contribution >= 4 is 113 Å². The number of thiol groups is 2. The van der Waals surface area contributed by atoms with Crippen LogP contribution in [0.3, 0.4) is 0 Å². The minimum Gasteiger partial charge on any atom is -0.508 e. The number of para-hydroxylation sites is 1. The van der Waals surface area contributed by atoms with Crippen molar-refractivity contribution in [2.75, 3.05) is 24.6 Å². The van der Waals surface area contributed by atoms with Gasteiger partial charge in [-0.05, 0) is 91.0 Å². The Labute approximate surface area is 576 Å². The number of fused-ring (bicyclic) bond motifs is 1. The molecule has 31 nitrogen and oxygen atoms in total. The number of hydrogen-bond donors (Lipinski definition) is 19. The first-order valence-electron chi connectivity index (χ1n) is 31.8. The number of carboxylic acid groups (broad SMARTS) is 2. The molecule has 0 aliphatic carbocycles. The number of primary amides is 1. The van der Waals surface area contributed by atoms with Crippen molar-refractivity contribution in [2.24, 2.45) is 23.3 Å². The number of aliphatic carboxylic acids is 2. The summed E-state index contributed by atoms with van der Waals surface area (Å²) >= 11 is 8.60. The Bertz CT molecular complexity index is 3520. The van der Waals surface area contributed by atoms with Gasteiger partial charge in [-0.15, -0.1) is 0 Å². The molecule has 1 fully saturated rings. The van der Waals surface area contributed by atoms with Crippen molar-refractivity contribution in [3.63, 3.8) is 0 Å². The number of benzene rings is 3. The summed E-state index contributed by atoms with van der Waals surface area (Å²) in [5.74, 6) is -14.4. The third-order valence-corrected chi connectivity index (χ3v) is 17.2. The van der Waals surface area contributed by atoms with Crippen LogP contribution in [0.15, 0.2) is 72.9 Å². The van der Waals surface area contributed by atoms with Gasteiger partial charge in [0.2, 0.25) is 65.0 Å². The van der Waals surface area contributed by atoms with Gasteiger partial charge in [0.25, 0.3) is 0 Å². The van der Waals surface area contributed by atoms with Gasteiger partial charge in [0.05, 0.1) is 18.7 Å². The molecule has 98 heavy (non-hydrogen) atoms. The zero-order chi connectivity index (χ0) is 72.7. The molecule has 1 aliphatic heterocycles. The molecular weight excluding hydrogens is 1310 g/mol. The molecule has 0 spiro atoms. The van der Waals surface area contributed by atoms with E-state index in [1.54, 1.807) is 65.1 Å².